The highest BCUT2D eigenvalue weighted by molar-refractivity contribution is 7.91. The van der Waals surface area contributed by atoms with E-state index in [0.29, 0.717) is 17.7 Å². The first kappa shape index (κ1) is 18.8. The lowest BCUT2D eigenvalue weighted by Gasteiger charge is -2.14. The first-order chi connectivity index (χ1) is 12.3. The van der Waals surface area contributed by atoms with E-state index >= 15 is 0 Å². The van der Waals surface area contributed by atoms with Gasteiger partial charge in [0.15, 0.2) is 5.78 Å². The van der Waals surface area contributed by atoms with Crippen molar-refractivity contribution in [2.45, 2.75) is 41.9 Å². The molecule has 0 aliphatic heterocycles. The molecule has 6 nitrogen and oxygen atoms in total. The number of carboxylic acid groups (broad SMARTS) is 1. The Labute approximate surface area is 155 Å². The molecule has 0 radical (unpaired) electrons. The van der Waals surface area contributed by atoms with Gasteiger partial charge < -0.3 is 5.11 Å². The third-order valence-electron chi connectivity index (χ3n) is 4.46. The summed E-state index contributed by atoms with van der Waals surface area (Å²) in [5, 5.41) is 9.63. The summed E-state index contributed by atoms with van der Waals surface area (Å²) < 4.78 is 27.7. The van der Waals surface area contributed by atoms with Crippen molar-refractivity contribution < 1.29 is 23.1 Å². The summed E-state index contributed by atoms with van der Waals surface area (Å²) in [5.74, 6) is -1.73. The standard InChI is InChI=1S/C18H19NO5S2/c1-2-6-14(20)15-9-10-16(25-15)26(23,24)19-18(17(21)22)11-13(18)12-7-4-3-5-8-12/h3-5,7-10,13,19H,2,6,11H2,1H3,(H,21,22)/t13-,18?/m0/s1. The van der Waals surface area contributed by atoms with Gasteiger partial charge in [-0.3, -0.25) is 9.59 Å². The molecule has 8 heteroatoms. The van der Waals surface area contributed by atoms with Gasteiger partial charge in [-0.05, 0) is 30.5 Å². The van der Waals surface area contributed by atoms with Crippen molar-refractivity contribution in [3.8, 4) is 0 Å². The molecule has 1 aromatic heterocycles. The average Bonchev–Trinajstić information content (AvgIpc) is 3.10. The summed E-state index contributed by atoms with van der Waals surface area (Å²) in [6.07, 6.45) is 1.22. The van der Waals surface area contributed by atoms with Gasteiger partial charge in [-0.25, -0.2) is 8.42 Å². The van der Waals surface area contributed by atoms with Gasteiger partial charge in [0.25, 0.3) is 10.0 Å². The van der Waals surface area contributed by atoms with Gasteiger partial charge in [-0.1, -0.05) is 37.3 Å². The van der Waals surface area contributed by atoms with E-state index in [4.69, 9.17) is 0 Å². The molecule has 26 heavy (non-hydrogen) atoms. The Kier molecular flexibility index (Phi) is 5.01. The summed E-state index contributed by atoms with van der Waals surface area (Å²) in [6.45, 7) is 1.87. The van der Waals surface area contributed by atoms with Gasteiger partial charge in [0.2, 0.25) is 0 Å². The van der Waals surface area contributed by atoms with Crippen molar-refractivity contribution in [2.24, 2.45) is 0 Å². The Bertz CT molecular complexity index is 936. The summed E-state index contributed by atoms with van der Waals surface area (Å²) in [7, 11) is -4.03. The van der Waals surface area contributed by atoms with Crippen LogP contribution in [0.3, 0.4) is 0 Å². The van der Waals surface area contributed by atoms with E-state index in [-0.39, 0.29) is 16.4 Å². The quantitative estimate of drug-likeness (QED) is 0.672. The Hall–Kier alpha value is -2.03. The van der Waals surface area contributed by atoms with E-state index in [1.165, 1.54) is 12.1 Å². The molecular weight excluding hydrogens is 374 g/mol. The summed E-state index contributed by atoms with van der Waals surface area (Å²) in [4.78, 5) is 24.1. The van der Waals surface area contributed by atoms with Crippen LogP contribution in [0.4, 0.5) is 0 Å². The number of benzene rings is 1. The second-order valence-electron chi connectivity index (χ2n) is 6.34. The van der Waals surface area contributed by atoms with E-state index in [1.54, 1.807) is 24.3 Å². The number of carbonyl (C=O) groups is 2. The molecule has 1 saturated carbocycles. The van der Waals surface area contributed by atoms with E-state index < -0.39 is 27.4 Å². The molecular formula is C18H19NO5S2. The van der Waals surface area contributed by atoms with Gasteiger partial charge in [0.1, 0.15) is 9.75 Å². The summed E-state index contributed by atoms with van der Waals surface area (Å²) >= 11 is 0.872. The number of ketones is 1. The van der Waals surface area contributed by atoms with Crippen molar-refractivity contribution >= 4 is 33.1 Å². The van der Waals surface area contributed by atoms with Crippen LogP contribution in [0.5, 0.6) is 0 Å². The van der Waals surface area contributed by atoms with Crippen molar-refractivity contribution in [1.82, 2.24) is 4.72 Å². The van der Waals surface area contributed by atoms with Gasteiger partial charge in [0, 0.05) is 12.3 Å². The van der Waals surface area contributed by atoms with Crippen LogP contribution in [0.1, 0.15) is 47.3 Å². The van der Waals surface area contributed by atoms with E-state index in [2.05, 4.69) is 4.72 Å². The maximum Gasteiger partial charge on any atom is 0.325 e. The monoisotopic (exact) mass is 393 g/mol. The fourth-order valence-corrected chi connectivity index (χ4v) is 5.68. The highest BCUT2D eigenvalue weighted by Crippen LogP contribution is 2.52. The zero-order valence-electron chi connectivity index (χ0n) is 14.1. The summed E-state index contributed by atoms with van der Waals surface area (Å²) in [6, 6.07) is 11.8. The SMILES string of the molecule is CCCC(=O)c1ccc(S(=O)(=O)NC2(C(=O)O)C[C@H]2c2ccccc2)s1. The number of sulfonamides is 1. The minimum absolute atomic E-state index is 0.0451. The number of rotatable bonds is 8. The average molecular weight is 393 g/mol. The molecule has 0 saturated heterocycles. The molecule has 0 amide bonds. The highest BCUT2D eigenvalue weighted by atomic mass is 32.2. The second kappa shape index (κ2) is 6.94. The van der Waals surface area contributed by atoms with Crippen LogP contribution in [0, 0.1) is 0 Å². The van der Waals surface area contributed by atoms with E-state index in [0.717, 1.165) is 16.9 Å². The second-order valence-corrected chi connectivity index (χ2v) is 9.33. The van der Waals surface area contributed by atoms with Crippen LogP contribution in [-0.4, -0.2) is 30.8 Å². The minimum Gasteiger partial charge on any atom is -0.480 e. The molecule has 0 spiro atoms. The Balaban J connectivity index is 1.84. The zero-order chi connectivity index (χ0) is 18.9. The van der Waals surface area contributed by atoms with Crippen molar-refractivity contribution in [3.63, 3.8) is 0 Å². The molecule has 1 aliphatic carbocycles. The van der Waals surface area contributed by atoms with Gasteiger partial charge in [-0.2, -0.15) is 4.72 Å². The molecule has 0 bridgehead atoms. The summed E-state index contributed by atoms with van der Waals surface area (Å²) in [5.41, 5.74) is -0.764. The first-order valence-corrected chi connectivity index (χ1v) is 10.6. The molecule has 2 atom stereocenters. The van der Waals surface area contributed by atoms with Crippen LogP contribution in [0.25, 0.3) is 0 Å². The van der Waals surface area contributed by atoms with E-state index in [1.807, 2.05) is 13.0 Å². The normalized spacial score (nSPS) is 22.1. The van der Waals surface area contributed by atoms with Gasteiger partial charge in [0.05, 0.1) is 4.88 Å². The van der Waals surface area contributed by atoms with Crippen LogP contribution < -0.4 is 4.72 Å². The number of carboxylic acids is 1. The fourth-order valence-electron chi connectivity index (χ4n) is 3.00. The number of Topliss-reactive ketones (excluding diaryl/α,β-unsaturated/α-hetero) is 1. The third-order valence-corrected chi connectivity index (χ3v) is 7.59. The lowest BCUT2D eigenvalue weighted by molar-refractivity contribution is -0.140. The molecule has 1 aliphatic rings. The molecule has 3 rings (SSSR count). The number of aliphatic carboxylic acids is 1. The largest absolute Gasteiger partial charge is 0.480 e. The Morgan fingerprint density at radius 1 is 1.23 bits per heavy atom. The number of nitrogens with one attached hydrogen (secondary N) is 1. The van der Waals surface area contributed by atoms with Gasteiger partial charge in [-0.15, -0.1) is 11.3 Å². The number of thiophene rings is 1. The minimum atomic E-state index is -4.03. The fraction of sp³-hybridized carbons (Fsp3) is 0.333. The van der Waals surface area contributed by atoms with Crippen LogP contribution in [0.15, 0.2) is 46.7 Å². The Morgan fingerprint density at radius 2 is 1.92 bits per heavy atom. The molecule has 1 unspecified atom stereocenters. The molecule has 2 aromatic rings. The molecule has 1 fully saturated rings. The van der Waals surface area contributed by atoms with Gasteiger partial charge >= 0.3 is 5.97 Å². The predicted molar refractivity (Wildman–Crippen MR) is 98.0 cm³/mol. The lowest BCUT2D eigenvalue weighted by atomic mass is 10.1. The van der Waals surface area contributed by atoms with Crippen LogP contribution in [0.2, 0.25) is 0 Å². The van der Waals surface area contributed by atoms with Crippen LogP contribution in [-0.2, 0) is 14.8 Å². The van der Waals surface area contributed by atoms with Crippen molar-refractivity contribution in [1.29, 1.82) is 0 Å². The predicted octanol–water partition coefficient (Wildman–Crippen LogP) is 3.02. The molecule has 1 heterocycles. The molecule has 2 N–H and O–H groups in total. The van der Waals surface area contributed by atoms with Crippen LogP contribution >= 0.6 is 11.3 Å². The Morgan fingerprint density at radius 3 is 2.54 bits per heavy atom. The molecule has 138 valence electrons. The lowest BCUT2D eigenvalue weighted by Crippen LogP contribution is -2.44. The van der Waals surface area contributed by atoms with Crippen molar-refractivity contribution in [3.05, 3.63) is 52.9 Å². The van der Waals surface area contributed by atoms with Crippen molar-refractivity contribution in [2.75, 3.05) is 0 Å². The number of hydrogen-bond acceptors (Lipinski definition) is 5. The molecule has 1 aromatic carbocycles. The highest BCUT2D eigenvalue weighted by Gasteiger charge is 2.63. The zero-order valence-corrected chi connectivity index (χ0v) is 15.8. The topological polar surface area (TPSA) is 101 Å². The third kappa shape index (κ3) is 3.44. The smallest absolute Gasteiger partial charge is 0.325 e. The van der Waals surface area contributed by atoms with E-state index in [9.17, 15) is 23.1 Å². The maximum absolute atomic E-state index is 12.7. The number of carbonyl (C=O) groups excluding carboxylic acids is 1. The first-order valence-electron chi connectivity index (χ1n) is 8.25. The maximum atomic E-state index is 12.7. The number of hydrogen-bond donors (Lipinski definition) is 2.